The van der Waals surface area contributed by atoms with Gasteiger partial charge in [0.15, 0.2) is 0 Å². The molecule has 1 fully saturated rings. The predicted octanol–water partition coefficient (Wildman–Crippen LogP) is 2.79. The van der Waals surface area contributed by atoms with Crippen molar-refractivity contribution in [1.82, 2.24) is 15.1 Å². The minimum Gasteiger partial charge on any atom is -0.300 e. The second-order valence-corrected chi connectivity index (χ2v) is 6.50. The Morgan fingerprint density at radius 3 is 2.67 bits per heavy atom. The standard InChI is InChI=1S/C15H15F3N4OS/c16-15(17,18)12-8-22(6-10-4-2-1-3-5-10)7-11(12)13(23)20-14-21-19-9-24-14/h1-5,9,11-12H,6-8H2,(H,20,21,23)/t11-,12+/m1/s1. The van der Waals surface area contributed by atoms with E-state index in [1.807, 2.05) is 30.3 Å². The molecule has 1 aliphatic heterocycles. The van der Waals surface area contributed by atoms with E-state index in [0.717, 1.165) is 16.9 Å². The van der Waals surface area contributed by atoms with Crippen LogP contribution in [0.25, 0.3) is 0 Å². The van der Waals surface area contributed by atoms with Crippen molar-refractivity contribution in [2.24, 2.45) is 11.8 Å². The molecule has 24 heavy (non-hydrogen) atoms. The van der Waals surface area contributed by atoms with E-state index in [1.54, 1.807) is 4.90 Å². The monoisotopic (exact) mass is 356 g/mol. The number of alkyl halides is 3. The van der Waals surface area contributed by atoms with Crippen LogP contribution in [0.5, 0.6) is 0 Å². The zero-order chi connectivity index (χ0) is 17.2. The van der Waals surface area contributed by atoms with Crippen LogP contribution in [-0.2, 0) is 11.3 Å². The first kappa shape index (κ1) is 16.8. The summed E-state index contributed by atoms with van der Waals surface area (Å²) in [4.78, 5) is 13.9. The van der Waals surface area contributed by atoms with Crippen molar-refractivity contribution in [2.45, 2.75) is 12.7 Å². The Balaban J connectivity index is 1.72. The number of hydrogen-bond acceptors (Lipinski definition) is 5. The van der Waals surface area contributed by atoms with Crippen LogP contribution in [-0.4, -0.2) is 40.3 Å². The minimum atomic E-state index is -4.42. The highest BCUT2D eigenvalue weighted by Gasteiger charge is 2.52. The number of benzene rings is 1. The average molecular weight is 356 g/mol. The van der Waals surface area contributed by atoms with Gasteiger partial charge in [0.2, 0.25) is 11.0 Å². The van der Waals surface area contributed by atoms with Crippen LogP contribution in [0.2, 0.25) is 0 Å². The number of nitrogens with one attached hydrogen (secondary N) is 1. The van der Waals surface area contributed by atoms with E-state index in [4.69, 9.17) is 0 Å². The summed E-state index contributed by atoms with van der Waals surface area (Å²) in [5, 5.41) is 9.85. The largest absolute Gasteiger partial charge is 0.393 e. The second kappa shape index (κ2) is 6.86. The number of likely N-dealkylation sites (tertiary alicyclic amines) is 1. The Kier molecular flexibility index (Phi) is 4.81. The molecule has 1 amide bonds. The maximum Gasteiger partial charge on any atom is 0.393 e. The molecule has 9 heteroatoms. The van der Waals surface area contributed by atoms with Crippen LogP contribution in [0.15, 0.2) is 35.8 Å². The molecule has 128 valence electrons. The summed E-state index contributed by atoms with van der Waals surface area (Å²) in [6.45, 7) is 0.256. The van der Waals surface area contributed by atoms with Crippen molar-refractivity contribution in [2.75, 3.05) is 18.4 Å². The van der Waals surface area contributed by atoms with Gasteiger partial charge >= 0.3 is 6.18 Å². The van der Waals surface area contributed by atoms with Crippen LogP contribution in [0.1, 0.15) is 5.56 Å². The molecular formula is C15H15F3N4OS. The highest BCUT2D eigenvalue weighted by molar-refractivity contribution is 7.13. The van der Waals surface area contributed by atoms with E-state index in [9.17, 15) is 18.0 Å². The van der Waals surface area contributed by atoms with Gasteiger partial charge < -0.3 is 5.32 Å². The molecule has 0 spiro atoms. The predicted molar refractivity (Wildman–Crippen MR) is 83.3 cm³/mol. The lowest BCUT2D eigenvalue weighted by Crippen LogP contribution is -2.36. The molecule has 2 aromatic rings. The zero-order valence-electron chi connectivity index (χ0n) is 12.5. The van der Waals surface area contributed by atoms with Crippen molar-refractivity contribution >= 4 is 22.4 Å². The molecule has 1 aromatic heterocycles. The average Bonchev–Trinajstić information content (AvgIpc) is 3.17. The molecule has 1 aromatic carbocycles. The smallest absolute Gasteiger partial charge is 0.300 e. The van der Waals surface area contributed by atoms with Gasteiger partial charge in [0, 0.05) is 19.6 Å². The van der Waals surface area contributed by atoms with Crippen LogP contribution < -0.4 is 5.32 Å². The molecule has 2 heterocycles. The first-order valence-corrected chi connectivity index (χ1v) is 8.21. The van der Waals surface area contributed by atoms with Crippen molar-refractivity contribution in [3.63, 3.8) is 0 Å². The van der Waals surface area contributed by atoms with Crippen LogP contribution in [0.3, 0.4) is 0 Å². The summed E-state index contributed by atoms with van der Waals surface area (Å²) in [6.07, 6.45) is -4.42. The van der Waals surface area contributed by atoms with Gasteiger partial charge in [-0.2, -0.15) is 13.2 Å². The molecule has 1 N–H and O–H groups in total. The lowest BCUT2D eigenvalue weighted by Gasteiger charge is -2.20. The number of halogens is 3. The topological polar surface area (TPSA) is 58.1 Å². The van der Waals surface area contributed by atoms with E-state index < -0.39 is 23.9 Å². The van der Waals surface area contributed by atoms with E-state index in [2.05, 4.69) is 15.5 Å². The third-order valence-electron chi connectivity index (χ3n) is 3.99. The summed E-state index contributed by atoms with van der Waals surface area (Å²) in [7, 11) is 0. The maximum absolute atomic E-state index is 13.3. The van der Waals surface area contributed by atoms with Gasteiger partial charge in [-0.05, 0) is 5.56 Å². The molecule has 5 nitrogen and oxygen atoms in total. The van der Waals surface area contributed by atoms with Crippen molar-refractivity contribution in [3.05, 3.63) is 41.4 Å². The molecule has 0 aliphatic carbocycles. The van der Waals surface area contributed by atoms with E-state index >= 15 is 0 Å². The van der Waals surface area contributed by atoms with Crippen LogP contribution in [0.4, 0.5) is 18.3 Å². The van der Waals surface area contributed by atoms with Crippen molar-refractivity contribution < 1.29 is 18.0 Å². The summed E-state index contributed by atoms with van der Waals surface area (Å²) in [5.41, 5.74) is 2.33. The fraction of sp³-hybridized carbons (Fsp3) is 0.400. The molecule has 1 aliphatic rings. The number of amides is 1. The van der Waals surface area contributed by atoms with Gasteiger partial charge in [0.05, 0.1) is 11.8 Å². The molecule has 0 saturated carbocycles. The van der Waals surface area contributed by atoms with E-state index in [0.29, 0.717) is 6.54 Å². The third kappa shape index (κ3) is 3.90. The van der Waals surface area contributed by atoms with Crippen molar-refractivity contribution in [3.8, 4) is 0 Å². The van der Waals surface area contributed by atoms with Gasteiger partial charge in [-0.1, -0.05) is 41.7 Å². The molecule has 3 rings (SSSR count). The Hall–Kier alpha value is -2.00. The van der Waals surface area contributed by atoms with E-state index in [-0.39, 0.29) is 18.2 Å². The molecule has 2 atom stereocenters. The number of nitrogens with zero attached hydrogens (tertiary/aromatic N) is 3. The quantitative estimate of drug-likeness (QED) is 0.915. The number of carbonyl (C=O) groups is 1. The summed E-state index contributed by atoms with van der Waals surface area (Å²) < 4.78 is 40.0. The lowest BCUT2D eigenvalue weighted by molar-refractivity contribution is -0.182. The lowest BCUT2D eigenvalue weighted by atomic mass is 9.95. The summed E-state index contributed by atoms with van der Waals surface area (Å²) >= 11 is 1.07. The molecule has 0 unspecified atom stereocenters. The maximum atomic E-state index is 13.3. The molecule has 1 saturated heterocycles. The number of aromatic nitrogens is 2. The Labute approximate surface area is 140 Å². The molecule has 0 radical (unpaired) electrons. The van der Waals surface area contributed by atoms with Gasteiger partial charge in [0.1, 0.15) is 5.51 Å². The summed E-state index contributed by atoms with van der Waals surface area (Å²) in [6, 6.07) is 9.25. The first-order valence-electron chi connectivity index (χ1n) is 7.33. The zero-order valence-corrected chi connectivity index (χ0v) is 13.3. The highest BCUT2D eigenvalue weighted by atomic mass is 32.1. The van der Waals surface area contributed by atoms with Gasteiger partial charge in [-0.25, -0.2) is 0 Å². The fourth-order valence-corrected chi connectivity index (χ4v) is 3.33. The number of hydrogen-bond donors (Lipinski definition) is 1. The van der Waals surface area contributed by atoms with Crippen LogP contribution >= 0.6 is 11.3 Å². The Morgan fingerprint density at radius 2 is 2.04 bits per heavy atom. The molecular weight excluding hydrogens is 341 g/mol. The van der Waals surface area contributed by atoms with Gasteiger partial charge in [-0.15, -0.1) is 10.2 Å². The SMILES string of the molecule is O=C(Nc1nncs1)[C@@H]1CN(Cc2ccccc2)C[C@@H]1C(F)(F)F. The molecule has 0 bridgehead atoms. The second-order valence-electron chi connectivity index (χ2n) is 5.67. The highest BCUT2D eigenvalue weighted by Crippen LogP contribution is 2.38. The van der Waals surface area contributed by atoms with Gasteiger partial charge in [0.25, 0.3) is 0 Å². The normalized spacial score (nSPS) is 21.8. The van der Waals surface area contributed by atoms with E-state index in [1.165, 1.54) is 5.51 Å². The number of anilines is 1. The fourth-order valence-electron chi connectivity index (χ4n) is 2.88. The Bertz CT molecular complexity index is 678. The van der Waals surface area contributed by atoms with Crippen molar-refractivity contribution in [1.29, 1.82) is 0 Å². The number of rotatable bonds is 4. The van der Waals surface area contributed by atoms with Gasteiger partial charge in [-0.3, -0.25) is 9.69 Å². The summed E-state index contributed by atoms with van der Waals surface area (Å²) in [5.74, 6) is -3.50. The number of carbonyl (C=O) groups excluding carboxylic acids is 1. The minimum absolute atomic E-state index is 0.0592. The van der Waals surface area contributed by atoms with Crippen LogP contribution in [0, 0.1) is 11.8 Å². The third-order valence-corrected chi connectivity index (χ3v) is 4.60. The Morgan fingerprint density at radius 1 is 1.29 bits per heavy atom. The first-order chi connectivity index (χ1) is 11.4.